The van der Waals surface area contributed by atoms with Gasteiger partial charge in [0.05, 0.1) is 16.3 Å². The van der Waals surface area contributed by atoms with E-state index in [1.807, 2.05) is 49.4 Å². The van der Waals surface area contributed by atoms with Crippen LogP contribution in [-0.2, 0) is 4.84 Å². The molecule has 0 aliphatic carbocycles. The van der Waals surface area contributed by atoms with E-state index >= 15 is 0 Å². The highest BCUT2D eigenvalue weighted by molar-refractivity contribution is 7.17. The lowest BCUT2D eigenvalue weighted by molar-refractivity contribution is 0.0826. The van der Waals surface area contributed by atoms with Crippen LogP contribution < -0.4 is 5.32 Å². The molecule has 1 aromatic carbocycles. The monoisotopic (exact) mass is 370 g/mol. The van der Waals surface area contributed by atoms with Gasteiger partial charge >= 0.3 is 0 Å². The minimum atomic E-state index is -0.134. The Morgan fingerprint density at radius 3 is 2.80 bits per heavy atom. The summed E-state index contributed by atoms with van der Waals surface area (Å²) in [6, 6.07) is 13.3. The predicted molar refractivity (Wildman–Crippen MR) is 101 cm³/mol. The van der Waals surface area contributed by atoms with E-state index in [9.17, 15) is 0 Å². The van der Waals surface area contributed by atoms with Gasteiger partial charge in [-0.25, -0.2) is 4.98 Å². The summed E-state index contributed by atoms with van der Waals surface area (Å²) in [7, 11) is 0. The summed E-state index contributed by atoms with van der Waals surface area (Å²) >= 11 is 7.49. The van der Waals surface area contributed by atoms with Crippen LogP contribution in [0.2, 0.25) is 5.02 Å². The van der Waals surface area contributed by atoms with Gasteiger partial charge in [0, 0.05) is 23.3 Å². The normalized spacial score (nSPS) is 16.4. The number of aryl methyl sites for hydroxylation is 1. The van der Waals surface area contributed by atoms with Crippen LogP contribution in [-0.4, -0.2) is 15.7 Å². The highest BCUT2D eigenvalue weighted by Crippen LogP contribution is 2.33. The molecular weight excluding hydrogens is 356 g/mol. The Kier molecular flexibility index (Phi) is 4.38. The molecule has 1 atom stereocenters. The number of oxime groups is 1. The van der Waals surface area contributed by atoms with E-state index in [-0.39, 0.29) is 6.10 Å². The Labute approximate surface area is 154 Å². The third-order valence-electron chi connectivity index (χ3n) is 3.84. The quantitative estimate of drug-likeness (QED) is 0.693. The van der Waals surface area contributed by atoms with E-state index in [0.29, 0.717) is 11.4 Å². The zero-order chi connectivity index (χ0) is 17.2. The van der Waals surface area contributed by atoms with E-state index in [0.717, 1.165) is 32.8 Å². The van der Waals surface area contributed by atoms with E-state index in [1.54, 1.807) is 17.5 Å². The maximum Gasteiger partial charge on any atom is 0.188 e. The van der Waals surface area contributed by atoms with Gasteiger partial charge in [-0.2, -0.15) is 0 Å². The number of hydrogen-bond donors (Lipinski definition) is 1. The molecule has 1 aliphatic heterocycles. The molecular formula is C18H15ClN4OS. The van der Waals surface area contributed by atoms with Gasteiger partial charge in [-0.1, -0.05) is 34.2 Å². The van der Waals surface area contributed by atoms with Crippen molar-refractivity contribution < 1.29 is 4.84 Å². The number of benzene rings is 1. The number of nitrogens with one attached hydrogen (secondary N) is 1. The third-order valence-corrected chi connectivity index (χ3v) is 5.21. The summed E-state index contributed by atoms with van der Waals surface area (Å²) in [6.45, 7) is 1.98. The van der Waals surface area contributed by atoms with Gasteiger partial charge in [0.1, 0.15) is 5.71 Å². The second-order valence-electron chi connectivity index (χ2n) is 5.66. The van der Waals surface area contributed by atoms with Gasteiger partial charge in [0.25, 0.3) is 0 Å². The van der Waals surface area contributed by atoms with Crippen molar-refractivity contribution in [3.63, 3.8) is 0 Å². The second-order valence-corrected chi connectivity index (χ2v) is 7.09. The van der Waals surface area contributed by atoms with E-state index in [2.05, 4.69) is 20.4 Å². The molecule has 5 nitrogen and oxygen atoms in total. The number of pyridine rings is 1. The maximum atomic E-state index is 5.92. The Morgan fingerprint density at radius 1 is 1.20 bits per heavy atom. The molecule has 0 amide bonds. The molecule has 2 aromatic heterocycles. The van der Waals surface area contributed by atoms with Gasteiger partial charge in [-0.05, 0) is 43.3 Å². The fourth-order valence-electron chi connectivity index (χ4n) is 2.61. The molecule has 0 saturated carbocycles. The standard InChI is InChI=1S/C18H15ClN4OS/c1-11-17(15-10-16(24-23-15)14-4-2-3-9-20-14)25-18(21-11)22-13-7-5-12(19)6-8-13/h2-9,16H,10H2,1H3,(H,21,22)/t16-/m1/s1. The molecule has 3 heterocycles. The van der Waals surface area contributed by atoms with Gasteiger partial charge in [0.2, 0.25) is 0 Å². The zero-order valence-corrected chi connectivity index (χ0v) is 15.0. The van der Waals surface area contributed by atoms with Crippen LogP contribution >= 0.6 is 22.9 Å². The summed E-state index contributed by atoms with van der Waals surface area (Å²) in [4.78, 5) is 15.5. The Hall–Kier alpha value is -2.44. The molecule has 0 spiro atoms. The highest BCUT2D eigenvalue weighted by Gasteiger charge is 2.27. The number of hydrogen-bond acceptors (Lipinski definition) is 6. The van der Waals surface area contributed by atoms with Crippen LogP contribution in [0.25, 0.3) is 0 Å². The number of rotatable bonds is 4. The summed E-state index contributed by atoms with van der Waals surface area (Å²) in [6.07, 6.45) is 2.33. The van der Waals surface area contributed by atoms with Crippen LogP contribution in [0, 0.1) is 6.92 Å². The zero-order valence-electron chi connectivity index (χ0n) is 13.4. The van der Waals surface area contributed by atoms with Crippen molar-refractivity contribution in [2.24, 2.45) is 5.16 Å². The summed E-state index contributed by atoms with van der Waals surface area (Å²) in [5, 5.41) is 9.08. The first-order chi connectivity index (χ1) is 12.2. The lowest BCUT2D eigenvalue weighted by atomic mass is 10.1. The Bertz CT molecular complexity index is 909. The summed E-state index contributed by atoms with van der Waals surface area (Å²) in [5.41, 5.74) is 3.68. The summed E-state index contributed by atoms with van der Waals surface area (Å²) < 4.78 is 0. The summed E-state index contributed by atoms with van der Waals surface area (Å²) in [5.74, 6) is 0. The van der Waals surface area contributed by atoms with Gasteiger partial charge < -0.3 is 10.2 Å². The molecule has 0 radical (unpaired) electrons. The first kappa shape index (κ1) is 16.1. The molecule has 0 unspecified atom stereocenters. The van der Waals surface area contributed by atoms with E-state index in [1.165, 1.54) is 0 Å². The van der Waals surface area contributed by atoms with Crippen molar-refractivity contribution in [1.82, 2.24) is 9.97 Å². The SMILES string of the molecule is Cc1nc(Nc2ccc(Cl)cc2)sc1C1=NO[C@@H](c2ccccn2)C1. The number of anilines is 2. The van der Waals surface area contributed by atoms with Crippen molar-refractivity contribution in [3.05, 3.63) is 69.9 Å². The molecule has 4 rings (SSSR count). The minimum Gasteiger partial charge on any atom is -0.385 e. The molecule has 1 N–H and O–H groups in total. The van der Waals surface area contributed by atoms with Gasteiger partial charge in [-0.15, -0.1) is 0 Å². The molecule has 3 aromatic rings. The van der Waals surface area contributed by atoms with E-state index < -0.39 is 0 Å². The highest BCUT2D eigenvalue weighted by atomic mass is 35.5. The van der Waals surface area contributed by atoms with Crippen LogP contribution in [0.1, 0.15) is 28.8 Å². The number of nitrogens with zero attached hydrogens (tertiary/aromatic N) is 3. The van der Waals surface area contributed by atoms with Crippen LogP contribution in [0.4, 0.5) is 10.8 Å². The van der Waals surface area contributed by atoms with Crippen LogP contribution in [0.5, 0.6) is 0 Å². The number of halogens is 1. The average molecular weight is 371 g/mol. The van der Waals surface area contributed by atoms with Crippen molar-refractivity contribution in [3.8, 4) is 0 Å². The van der Waals surface area contributed by atoms with Crippen molar-refractivity contribution in [2.75, 3.05) is 5.32 Å². The smallest absolute Gasteiger partial charge is 0.188 e. The fraction of sp³-hybridized carbons (Fsp3) is 0.167. The molecule has 1 aliphatic rings. The lowest BCUT2D eigenvalue weighted by Crippen LogP contribution is -2.02. The van der Waals surface area contributed by atoms with Crippen molar-refractivity contribution in [2.45, 2.75) is 19.4 Å². The fourth-order valence-corrected chi connectivity index (χ4v) is 3.71. The number of aromatic nitrogens is 2. The Balaban J connectivity index is 1.50. The van der Waals surface area contributed by atoms with Crippen molar-refractivity contribution in [1.29, 1.82) is 0 Å². The van der Waals surface area contributed by atoms with E-state index in [4.69, 9.17) is 16.4 Å². The second kappa shape index (κ2) is 6.82. The molecule has 0 bridgehead atoms. The van der Waals surface area contributed by atoms with Gasteiger partial charge in [-0.3, -0.25) is 4.98 Å². The topological polar surface area (TPSA) is 59.4 Å². The van der Waals surface area contributed by atoms with Crippen LogP contribution in [0.15, 0.2) is 53.8 Å². The van der Waals surface area contributed by atoms with Gasteiger partial charge in [0.15, 0.2) is 11.2 Å². The average Bonchev–Trinajstić information content (AvgIpc) is 3.24. The molecule has 0 fully saturated rings. The maximum absolute atomic E-state index is 5.92. The first-order valence-corrected chi connectivity index (χ1v) is 9.02. The van der Waals surface area contributed by atoms with Crippen LogP contribution in [0.3, 0.4) is 0 Å². The molecule has 126 valence electrons. The molecule has 0 saturated heterocycles. The molecule has 7 heteroatoms. The minimum absolute atomic E-state index is 0.134. The first-order valence-electron chi connectivity index (χ1n) is 7.83. The lowest BCUT2D eigenvalue weighted by Gasteiger charge is -2.05. The molecule has 25 heavy (non-hydrogen) atoms. The van der Waals surface area contributed by atoms with Crippen molar-refractivity contribution >= 4 is 39.5 Å². The predicted octanol–water partition coefficient (Wildman–Crippen LogP) is 5.11. The number of thiazole rings is 1. The largest absolute Gasteiger partial charge is 0.385 e. The Morgan fingerprint density at radius 2 is 2.04 bits per heavy atom. The third kappa shape index (κ3) is 3.50.